The fourth-order valence-corrected chi connectivity index (χ4v) is 2.32. The minimum atomic E-state index is 0.627. The van der Waals surface area contributed by atoms with E-state index < -0.39 is 0 Å². The van der Waals surface area contributed by atoms with Gasteiger partial charge in [0.2, 0.25) is 0 Å². The zero-order chi connectivity index (χ0) is 11.5. The molecule has 0 unspecified atom stereocenters. The fourth-order valence-electron chi connectivity index (χ4n) is 1.47. The molecule has 0 spiro atoms. The Morgan fingerprint density at radius 2 is 2.00 bits per heavy atom. The molecule has 1 aromatic heterocycles. The Bertz CT molecular complexity index is 491. The van der Waals surface area contributed by atoms with E-state index in [0.29, 0.717) is 6.54 Å². The Hall–Kier alpha value is -1.26. The van der Waals surface area contributed by atoms with Crippen LogP contribution < -0.4 is 5.73 Å². The van der Waals surface area contributed by atoms with Crippen LogP contribution in [0, 0.1) is 13.8 Å². The van der Waals surface area contributed by atoms with Crippen LogP contribution in [-0.2, 0) is 6.42 Å². The summed E-state index contributed by atoms with van der Waals surface area (Å²) in [5.74, 6) is 0. The number of rotatable bonds is 3. The minimum absolute atomic E-state index is 0.627. The number of benzene rings is 1. The smallest absolute Gasteiger partial charge is 0.147 e. The van der Waals surface area contributed by atoms with Gasteiger partial charge >= 0.3 is 0 Å². The van der Waals surface area contributed by atoms with Crippen LogP contribution in [0.15, 0.2) is 18.2 Å². The predicted molar refractivity (Wildman–Crippen MR) is 67.6 cm³/mol. The van der Waals surface area contributed by atoms with Gasteiger partial charge in [-0.3, -0.25) is 0 Å². The lowest BCUT2D eigenvalue weighted by Crippen LogP contribution is -2.01. The molecule has 1 heterocycles. The molecule has 0 saturated heterocycles. The summed E-state index contributed by atoms with van der Waals surface area (Å²) in [4.78, 5) is 0. The molecule has 2 N–H and O–H groups in total. The summed E-state index contributed by atoms with van der Waals surface area (Å²) in [6.45, 7) is 4.85. The number of nitrogens with zero attached hydrogens (tertiary/aromatic N) is 2. The van der Waals surface area contributed by atoms with Gasteiger partial charge in [-0.25, -0.2) is 0 Å². The third kappa shape index (κ3) is 2.28. The standard InChI is InChI=1S/C12H15N3S/c1-8-3-4-10(7-9(8)2)12-15-14-11(16-12)5-6-13/h3-4,7H,5-6,13H2,1-2H3. The highest BCUT2D eigenvalue weighted by Crippen LogP contribution is 2.25. The summed E-state index contributed by atoms with van der Waals surface area (Å²) in [7, 11) is 0. The number of hydrogen-bond donors (Lipinski definition) is 1. The molecule has 0 radical (unpaired) electrons. The largest absolute Gasteiger partial charge is 0.330 e. The van der Waals surface area contributed by atoms with Crippen LogP contribution in [-0.4, -0.2) is 16.7 Å². The highest BCUT2D eigenvalue weighted by atomic mass is 32.1. The quantitative estimate of drug-likeness (QED) is 0.885. The van der Waals surface area contributed by atoms with Crippen LogP contribution in [0.2, 0.25) is 0 Å². The molecule has 0 amide bonds. The van der Waals surface area contributed by atoms with Crippen LogP contribution in [0.5, 0.6) is 0 Å². The maximum Gasteiger partial charge on any atom is 0.147 e. The summed E-state index contributed by atoms with van der Waals surface area (Å²) < 4.78 is 0. The van der Waals surface area contributed by atoms with Crippen molar-refractivity contribution in [3.63, 3.8) is 0 Å². The lowest BCUT2D eigenvalue weighted by molar-refractivity contribution is 0.913. The van der Waals surface area contributed by atoms with Crippen molar-refractivity contribution in [2.24, 2.45) is 5.73 Å². The zero-order valence-electron chi connectivity index (χ0n) is 9.53. The van der Waals surface area contributed by atoms with Crippen LogP contribution >= 0.6 is 11.3 Å². The fraction of sp³-hybridized carbons (Fsp3) is 0.333. The van der Waals surface area contributed by atoms with Gasteiger partial charge in [0.25, 0.3) is 0 Å². The Kier molecular flexibility index (Phi) is 3.31. The second kappa shape index (κ2) is 4.72. The predicted octanol–water partition coefficient (Wildman–Crippen LogP) is 2.32. The third-order valence-electron chi connectivity index (χ3n) is 2.58. The summed E-state index contributed by atoms with van der Waals surface area (Å²) in [6, 6.07) is 6.37. The minimum Gasteiger partial charge on any atom is -0.330 e. The van der Waals surface area contributed by atoms with Crippen molar-refractivity contribution in [1.29, 1.82) is 0 Å². The molecule has 2 rings (SSSR count). The van der Waals surface area contributed by atoms with E-state index in [1.807, 2.05) is 0 Å². The second-order valence-corrected chi connectivity index (χ2v) is 4.90. The monoisotopic (exact) mass is 233 g/mol. The number of nitrogens with two attached hydrogens (primary N) is 1. The first-order chi connectivity index (χ1) is 7.70. The Balaban J connectivity index is 2.31. The molecule has 0 aliphatic carbocycles. The Labute approximate surface area is 99.3 Å². The normalized spacial score (nSPS) is 10.7. The topological polar surface area (TPSA) is 51.8 Å². The molecular weight excluding hydrogens is 218 g/mol. The average molecular weight is 233 g/mol. The summed E-state index contributed by atoms with van der Waals surface area (Å²) in [6.07, 6.45) is 0.808. The van der Waals surface area contributed by atoms with Crippen molar-refractivity contribution < 1.29 is 0 Å². The van der Waals surface area contributed by atoms with Crippen LogP contribution in [0.1, 0.15) is 16.1 Å². The molecule has 3 nitrogen and oxygen atoms in total. The number of aromatic nitrogens is 2. The molecule has 2 aromatic rings. The van der Waals surface area contributed by atoms with Crippen molar-refractivity contribution in [2.45, 2.75) is 20.3 Å². The van der Waals surface area contributed by atoms with Gasteiger partial charge in [-0.1, -0.05) is 23.5 Å². The van der Waals surface area contributed by atoms with E-state index in [2.05, 4.69) is 42.2 Å². The molecule has 0 fully saturated rings. The Morgan fingerprint density at radius 3 is 2.69 bits per heavy atom. The molecule has 4 heteroatoms. The van der Waals surface area contributed by atoms with Gasteiger partial charge in [0, 0.05) is 12.0 Å². The van der Waals surface area contributed by atoms with Gasteiger partial charge in [0.05, 0.1) is 0 Å². The maximum atomic E-state index is 5.49. The van der Waals surface area contributed by atoms with Gasteiger partial charge in [-0.15, -0.1) is 10.2 Å². The molecule has 0 aliphatic rings. The highest BCUT2D eigenvalue weighted by molar-refractivity contribution is 7.14. The highest BCUT2D eigenvalue weighted by Gasteiger charge is 2.06. The van der Waals surface area contributed by atoms with E-state index in [0.717, 1.165) is 22.0 Å². The molecule has 1 aromatic carbocycles. The van der Waals surface area contributed by atoms with Gasteiger partial charge in [-0.2, -0.15) is 0 Å². The van der Waals surface area contributed by atoms with E-state index >= 15 is 0 Å². The molecule has 0 saturated carbocycles. The van der Waals surface area contributed by atoms with Crippen LogP contribution in [0.3, 0.4) is 0 Å². The number of aryl methyl sites for hydroxylation is 2. The van der Waals surface area contributed by atoms with Gasteiger partial charge in [0.15, 0.2) is 0 Å². The lowest BCUT2D eigenvalue weighted by Gasteiger charge is -2.01. The first-order valence-corrected chi connectivity index (χ1v) is 6.12. The first-order valence-electron chi connectivity index (χ1n) is 5.31. The third-order valence-corrected chi connectivity index (χ3v) is 3.61. The van der Waals surface area contributed by atoms with Crippen LogP contribution in [0.25, 0.3) is 10.6 Å². The summed E-state index contributed by atoms with van der Waals surface area (Å²) in [5.41, 5.74) is 9.22. The second-order valence-electron chi connectivity index (χ2n) is 3.84. The maximum absolute atomic E-state index is 5.49. The summed E-state index contributed by atoms with van der Waals surface area (Å²) >= 11 is 1.62. The zero-order valence-corrected chi connectivity index (χ0v) is 10.3. The first kappa shape index (κ1) is 11.2. The van der Waals surface area contributed by atoms with Crippen molar-refractivity contribution >= 4 is 11.3 Å². The van der Waals surface area contributed by atoms with E-state index in [-0.39, 0.29) is 0 Å². The van der Waals surface area contributed by atoms with Crippen molar-refractivity contribution in [1.82, 2.24) is 10.2 Å². The van der Waals surface area contributed by atoms with E-state index in [4.69, 9.17) is 5.73 Å². The van der Waals surface area contributed by atoms with Gasteiger partial charge in [0.1, 0.15) is 10.0 Å². The van der Waals surface area contributed by atoms with Crippen molar-refractivity contribution in [2.75, 3.05) is 6.54 Å². The van der Waals surface area contributed by atoms with E-state index in [1.165, 1.54) is 11.1 Å². The van der Waals surface area contributed by atoms with E-state index in [1.54, 1.807) is 11.3 Å². The molecule has 0 aliphatic heterocycles. The van der Waals surface area contributed by atoms with Crippen LogP contribution in [0.4, 0.5) is 0 Å². The molecule has 0 atom stereocenters. The summed E-state index contributed by atoms with van der Waals surface area (Å²) in [5, 5.41) is 10.3. The van der Waals surface area contributed by atoms with Gasteiger partial charge in [-0.05, 0) is 37.6 Å². The molecule has 16 heavy (non-hydrogen) atoms. The van der Waals surface area contributed by atoms with Crippen molar-refractivity contribution in [3.05, 3.63) is 34.3 Å². The van der Waals surface area contributed by atoms with E-state index in [9.17, 15) is 0 Å². The number of hydrogen-bond acceptors (Lipinski definition) is 4. The SMILES string of the molecule is Cc1ccc(-c2nnc(CCN)s2)cc1C. The average Bonchev–Trinajstić information content (AvgIpc) is 2.71. The molecule has 0 bridgehead atoms. The van der Waals surface area contributed by atoms with Gasteiger partial charge < -0.3 is 5.73 Å². The molecule has 84 valence electrons. The van der Waals surface area contributed by atoms with Crippen molar-refractivity contribution in [3.8, 4) is 10.6 Å². The Morgan fingerprint density at radius 1 is 1.19 bits per heavy atom. The molecular formula is C12H15N3S. The lowest BCUT2D eigenvalue weighted by atomic mass is 10.1.